The number of ether oxygens (including phenoxy) is 3. The Morgan fingerprint density at radius 3 is 2.61 bits per heavy atom. The molecular formula is C13H14O5. The third-order valence-corrected chi connectivity index (χ3v) is 2.99. The Morgan fingerprint density at radius 2 is 1.94 bits per heavy atom. The van der Waals surface area contributed by atoms with Gasteiger partial charge in [-0.2, -0.15) is 0 Å². The Morgan fingerprint density at radius 1 is 1.22 bits per heavy atom. The van der Waals surface area contributed by atoms with Crippen molar-refractivity contribution in [2.24, 2.45) is 0 Å². The van der Waals surface area contributed by atoms with Crippen LogP contribution in [0, 0.1) is 0 Å². The fourth-order valence-corrected chi connectivity index (χ4v) is 2.08. The number of esters is 2. The average molecular weight is 250 g/mol. The highest BCUT2D eigenvalue weighted by Crippen LogP contribution is 2.40. The first-order chi connectivity index (χ1) is 8.67. The van der Waals surface area contributed by atoms with E-state index < -0.39 is 12.1 Å². The van der Waals surface area contributed by atoms with Crippen LogP contribution >= 0.6 is 0 Å². The maximum Gasteiger partial charge on any atom is 0.347 e. The third-order valence-electron chi connectivity index (χ3n) is 2.99. The molecule has 0 aliphatic carbocycles. The molecule has 0 unspecified atom stereocenters. The van der Waals surface area contributed by atoms with Crippen LogP contribution in [-0.4, -0.2) is 32.3 Å². The largest absolute Gasteiger partial charge is 0.478 e. The van der Waals surface area contributed by atoms with Gasteiger partial charge in [-0.1, -0.05) is 18.2 Å². The van der Waals surface area contributed by atoms with Crippen molar-refractivity contribution in [1.82, 2.24) is 0 Å². The molecule has 2 rings (SSSR count). The van der Waals surface area contributed by atoms with Crippen LogP contribution in [0.3, 0.4) is 0 Å². The molecule has 0 saturated heterocycles. The number of carbonyl (C=O) groups is 2. The molecule has 5 nitrogen and oxygen atoms in total. The Labute approximate surface area is 105 Å². The van der Waals surface area contributed by atoms with Crippen LogP contribution in [0.1, 0.15) is 17.9 Å². The summed E-state index contributed by atoms with van der Waals surface area (Å²) in [6.45, 7) is 0. The summed E-state index contributed by atoms with van der Waals surface area (Å²) in [5, 5.41) is 0. The van der Waals surface area contributed by atoms with Crippen molar-refractivity contribution < 1.29 is 23.8 Å². The second kappa shape index (κ2) is 5.08. The van der Waals surface area contributed by atoms with Crippen LogP contribution in [0.2, 0.25) is 0 Å². The minimum atomic E-state index is -0.786. The van der Waals surface area contributed by atoms with Crippen molar-refractivity contribution in [1.29, 1.82) is 0 Å². The monoisotopic (exact) mass is 250 g/mol. The van der Waals surface area contributed by atoms with Crippen molar-refractivity contribution in [3.63, 3.8) is 0 Å². The zero-order valence-electron chi connectivity index (χ0n) is 10.2. The Hall–Kier alpha value is -2.04. The van der Waals surface area contributed by atoms with Crippen LogP contribution in [0.25, 0.3) is 0 Å². The predicted molar refractivity (Wildman–Crippen MR) is 62.2 cm³/mol. The van der Waals surface area contributed by atoms with Gasteiger partial charge in [0.05, 0.1) is 20.6 Å². The van der Waals surface area contributed by atoms with Crippen LogP contribution in [0.5, 0.6) is 5.75 Å². The van der Waals surface area contributed by atoms with Gasteiger partial charge in [0.15, 0.2) is 0 Å². The lowest BCUT2D eigenvalue weighted by Gasteiger charge is -2.15. The summed E-state index contributed by atoms with van der Waals surface area (Å²) in [5.41, 5.74) is 0.832. The number of methoxy groups -OCH3 is 2. The van der Waals surface area contributed by atoms with E-state index in [1.54, 1.807) is 6.07 Å². The van der Waals surface area contributed by atoms with Crippen molar-refractivity contribution in [2.75, 3.05) is 14.2 Å². The van der Waals surface area contributed by atoms with E-state index in [2.05, 4.69) is 4.74 Å². The number of hydrogen-bond acceptors (Lipinski definition) is 5. The molecule has 5 heteroatoms. The van der Waals surface area contributed by atoms with Gasteiger partial charge in [0.1, 0.15) is 5.75 Å². The minimum Gasteiger partial charge on any atom is -0.478 e. The van der Waals surface area contributed by atoms with E-state index in [1.807, 2.05) is 18.2 Å². The maximum absolute atomic E-state index is 11.7. The number of hydrogen-bond donors (Lipinski definition) is 0. The predicted octanol–water partition coefficient (Wildman–Crippen LogP) is 1.27. The van der Waals surface area contributed by atoms with Gasteiger partial charge >= 0.3 is 11.9 Å². The van der Waals surface area contributed by atoms with Crippen molar-refractivity contribution in [3.05, 3.63) is 29.8 Å². The van der Waals surface area contributed by atoms with Gasteiger partial charge in [0.25, 0.3) is 0 Å². The van der Waals surface area contributed by atoms with E-state index in [0.717, 1.165) is 5.56 Å². The van der Waals surface area contributed by atoms with Crippen molar-refractivity contribution >= 4 is 11.9 Å². The van der Waals surface area contributed by atoms with E-state index in [0.29, 0.717) is 5.75 Å². The second-order valence-electron chi connectivity index (χ2n) is 3.99. The highest BCUT2D eigenvalue weighted by molar-refractivity contribution is 5.80. The molecule has 1 heterocycles. The summed E-state index contributed by atoms with van der Waals surface area (Å²) in [6.07, 6.45) is -0.695. The zero-order valence-corrected chi connectivity index (χ0v) is 10.2. The van der Waals surface area contributed by atoms with Crippen LogP contribution < -0.4 is 4.74 Å². The summed E-state index contributed by atoms with van der Waals surface area (Å²) >= 11 is 0. The molecule has 0 radical (unpaired) electrons. The highest BCUT2D eigenvalue weighted by Gasteiger charge is 2.41. The smallest absolute Gasteiger partial charge is 0.347 e. The van der Waals surface area contributed by atoms with E-state index in [1.165, 1.54) is 14.2 Å². The first kappa shape index (κ1) is 12.4. The number of benzene rings is 1. The van der Waals surface area contributed by atoms with Gasteiger partial charge in [-0.3, -0.25) is 4.79 Å². The third kappa shape index (κ3) is 2.16. The van der Waals surface area contributed by atoms with Gasteiger partial charge in [-0.05, 0) is 6.07 Å². The second-order valence-corrected chi connectivity index (χ2v) is 3.99. The molecule has 0 saturated carbocycles. The molecule has 1 aromatic rings. The van der Waals surface area contributed by atoms with Crippen LogP contribution in [0.4, 0.5) is 0 Å². The summed E-state index contributed by atoms with van der Waals surface area (Å²) in [7, 11) is 2.61. The fraction of sp³-hybridized carbons (Fsp3) is 0.385. The van der Waals surface area contributed by atoms with Gasteiger partial charge in [-0.15, -0.1) is 0 Å². The SMILES string of the molecule is COC(=O)C[C@@H]1c2ccccc2O[C@@H]1C(=O)OC. The van der Waals surface area contributed by atoms with Crippen molar-refractivity contribution in [2.45, 2.75) is 18.4 Å². The van der Waals surface area contributed by atoms with E-state index in [4.69, 9.17) is 9.47 Å². The van der Waals surface area contributed by atoms with Gasteiger partial charge in [0, 0.05) is 11.5 Å². The molecular weight excluding hydrogens is 236 g/mol. The van der Waals surface area contributed by atoms with E-state index in [-0.39, 0.29) is 18.3 Å². The summed E-state index contributed by atoms with van der Waals surface area (Å²) in [6, 6.07) is 7.26. The lowest BCUT2D eigenvalue weighted by molar-refractivity contribution is -0.150. The minimum absolute atomic E-state index is 0.0906. The lowest BCUT2D eigenvalue weighted by Crippen LogP contribution is -2.31. The molecule has 2 atom stereocenters. The maximum atomic E-state index is 11.7. The molecule has 0 N–H and O–H groups in total. The molecule has 18 heavy (non-hydrogen) atoms. The van der Waals surface area contributed by atoms with Crippen LogP contribution in [-0.2, 0) is 19.1 Å². The van der Waals surface area contributed by atoms with Crippen LogP contribution in [0.15, 0.2) is 24.3 Å². The van der Waals surface area contributed by atoms with E-state index in [9.17, 15) is 9.59 Å². The lowest BCUT2D eigenvalue weighted by atomic mass is 9.92. The standard InChI is InChI=1S/C13H14O5/c1-16-11(14)7-9-8-5-3-4-6-10(8)18-12(9)13(15)17-2/h3-6,9,12H,7H2,1-2H3/t9-,12+/m1/s1. The molecule has 1 aliphatic heterocycles. The molecule has 1 aliphatic rings. The Kier molecular flexibility index (Phi) is 3.50. The summed E-state index contributed by atoms with van der Waals surface area (Å²) in [5.74, 6) is -0.614. The van der Waals surface area contributed by atoms with Crippen molar-refractivity contribution in [3.8, 4) is 5.75 Å². The first-order valence-corrected chi connectivity index (χ1v) is 5.57. The normalized spacial score (nSPS) is 20.8. The molecule has 0 bridgehead atoms. The number of carbonyl (C=O) groups excluding carboxylic acids is 2. The van der Waals surface area contributed by atoms with Gasteiger partial charge in [-0.25, -0.2) is 4.79 Å². The fourth-order valence-electron chi connectivity index (χ4n) is 2.08. The number of fused-ring (bicyclic) bond motifs is 1. The molecule has 0 fully saturated rings. The number of rotatable bonds is 3. The zero-order chi connectivity index (χ0) is 13.1. The molecule has 0 aromatic heterocycles. The van der Waals surface area contributed by atoms with E-state index >= 15 is 0 Å². The molecule has 0 amide bonds. The molecule has 0 spiro atoms. The first-order valence-electron chi connectivity index (χ1n) is 5.57. The number of para-hydroxylation sites is 1. The average Bonchev–Trinajstić information content (AvgIpc) is 2.77. The Balaban J connectivity index is 2.29. The van der Waals surface area contributed by atoms with Gasteiger partial charge < -0.3 is 14.2 Å². The summed E-state index contributed by atoms with van der Waals surface area (Å²) in [4.78, 5) is 23.1. The highest BCUT2D eigenvalue weighted by atomic mass is 16.6. The Bertz CT molecular complexity index is 468. The molecule has 96 valence electrons. The molecule has 1 aromatic carbocycles. The van der Waals surface area contributed by atoms with Gasteiger partial charge in [0.2, 0.25) is 6.10 Å². The quantitative estimate of drug-likeness (QED) is 0.756. The topological polar surface area (TPSA) is 61.8 Å². The summed E-state index contributed by atoms with van der Waals surface area (Å²) < 4.78 is 14.9.